The maximum atomic E-state index is 4.79. The standard InChI is InChI=1S/C18H16BrN3/c19-17-9-8-15(6-7-16-13-20-10-11-21-16)22-18(17)12-14-4-2-1-3-5-14/h1-5,8-11,13H,6-7,12H2. The van der Waals surface area contributed by atoms with Crippen molar-refractivity contribution in [1.82, 2.24) is 15.0 Å². The average Bonchev–Trinajstić information content (AvgIpc) is 2.57. The maximum absolute atomic E-state index is 4.79. The summed E-state index contributed by atoms with van der Waals surface area (Å²) in [5, 5.41) is 0. The largest absolute Gasteiger partial charge is 0.261 e. The van der Waals surface area contributed by atoms with E-state index in [2.05, 4.69) is 62.3 Å². The molecule has 0 bridgehead atoms. The van der Waals surface area contributed by atoms with Crippen molar-refractivity contribution >= 4 is 15.9 Å². The second kappa shape index (κ2) is 7.27. The molecule has 4 heteroatoms. The molecule has 0 saturated heterocycles. The Morgan fingerprint density at radius 3 is 2.45 bits per heavy atom. The lowest BCUT2D eigenvalue weighted by Crippen LogP contribution is -2.01. The summed E-state index contributed by atoms with van der Waals surface area (Å²) in [6.45, 7) is 0. The van der Waals surface area contributed by atoms with E-state index in [0.29, 0.717) is 0 Å². The number of benzene rings is 1. The highest BCUT2D eigenvalue weighted by molar-refractivity contribution is 9.10. The van der Waals surface area contributed by atoms with Gasteiger partial charge in [0.15, 0.2) is 0 Å². The summed E-state index contributed by atoms with van der Waals surface area (Å²) >= 11 is 3.60. The Hall–Kier alpha value is -2.07. The molecule has 1 aromatic carbocycles. The van der Waals surface area contributed by atoms with Crippen LogP contribution in [0.4, 0.5) is 0 Å². The number of pyridine rings is 1. The van der Waals surface area contributed by atoms with Gasteiger partial charge in [0, 0.05) is 35.2 Å². The van der Waals surface area contributed by atoms with Crippen molar-refractivity contribution in [3.8, 4) is 0 Å². The fourth-order valence-electron chi connectivity index (χ4n) is 2.30. The first-order valence-electron chi connectivity index (χ1n) is 7.24. The van der Waals surface area contributed by atoms with E-state index in [1.807, 2.05) is 12.3 Å². The molecular formula is C18H16BrN3. The van der Waals surface area contributed by atoms with Crippen molar-refractivity contribution in [1.29, 1.82) is 0 Å². The van der Waals surface area contributed by atoms with Crippen LogP contribution in [0.15, 0.2) is 65.5 Å². The molecule has 0 aliphatic rings. The van der Waals surface area contributed by atoms with Crippen molar-refractivity contribution in [3.63, 3.8) is 0 Å². The number of hydrogen-bond acceptors (Lipinski definition) is 3. The minimum Gasteiger partial charge on any atom is -0.261 e. The SMILES string of the molecule is Brc1ccc(CCc2cnccn2)nc1Cc1ccccc1. The Labute approximate surface area is 138 Å². The molecule has 2 heterocycles. The predicted molar refractivity (Wildman–Crippen MR) is 90.6 cm³/mol. The third-order valence-electron chi connectivity index (χ3n) is 3.44. The zero-order valence-corrected chi connectivity index (χ0v) is 13.7. The minimum atomic E-state index is 0.834. The Balaban J connectivity index is 1.72. The summed E-state index contributed by atoms with van der Waals surface area (Å²) in [6, 6.07) is 14.5. The van der Waals surface area contributed by atoms with Crippen molar-refractivity contribution < 1.29 is 0 Å². The first-order valence-corrected chi connectivity index (χ1v) is 8.03. The van der Waals surface area contributed by atoms with Gasteiger partial charge in [-0.25, -0.2) is 0 Å². The Bertz CT molecular complexity index is 730. The topological polar surface area (TPSA) is 38.7 Å². The number of aromatic nitrogens is 3. The molecule has 0 unspecified atom stereocenters. The smallest absolute Gasteiger partial charge is 0.0592 e. The summed E-state index contributed by atoms with van der Waals surface area (Å²) < 4.78 is 1.06. The molecule has 0 fully saturated rings. The van der Waals surface area contributed by atoms with Crippen LogP contribution in [0.25, 0.3) is 0 Å². The molecule has 0 radical (unpaired) electrons. The van der Waals surface area contributed by atoms with Crippen molar-refractivity contribution in [2.75, 3.05) is 0 Å². The van der Waals surface area contributed by atoms with E-state index < -0.39 is 0 Å². The summed E-state index contributed by atoms with van der Waals surface area (Å²) in [6.07, 6.45) is 7.79. The zero-order chi connectivity index (χ0) is 15.2. The molecule has 22 heavy (non-hydrogen) atoms. The summed E-state index contributed by atoms with van der Waals surface area (Å²) in [7, 11) is 0. The fourth-order valence-corrected chi connectivity index (χ4v) is 2.66. The van der Waals surface area contributed by atoms with Gasteiger partial charge in [-0.05, 0) is 46.5 Å². The Kier molecular flexibility index (Phi) is 4.91. The second-order valence-corrected chi connectivity index (χ2v) is 5.94. The Morgan fingerprint density at radius 1 is 0.864 bits per heavy atom. The average molecular weight is 354 g/mol. The number of halogens is 1. The monoisotopic (exact) mass is 353 g/mol. The lowest BCUT2D eigenvalue weighted by molar-refractivity contribution is 0.854. The van der Waals surface area contributed by atoms with E-state index in [-0.39, 0.29) is 0 Å². The normalized spacial score (nSPS) is 10.6. The van der Waals surface area contributed by atoms with E-state index >= 15 is 0 Å². The van der Waals surface area contributed by atoms with Gasteiger partial charge < -0.3 is 0 Å². The number of hydrogen-bond donors (Lipinski definition) is 0. The van der Waals surface area contributed by atoms with Crippen LogP contribution < -0.4 is 0 Å². The third-order valence-corrected chi connectivity index (χ3v) is 4.17. The molecule has 0 spiro atoms. The van der Waals surface area contributed by atoms with Crippen molar-refractivity contribution in [3.05, 3.63) is 88.2 Å². The minimum absolute atomic E-state index is 0.834. The maximum Gasteiger partial charge on any atom is 0.0592 e. The fraction of sp³-hybridized carbons (Fsp3) is 0.167. The van der Waals surface area contributed by atoms with Gasteiger partial charge >= 0.3 is 0 Å². The first kappa shape index (κ1) is 14.9. The highest BCUT2D eigenvalue weighted by Crippen LogP contribution is 2.19. The van der Waals surface area contributed by atoms with Crippen LogP contribution >= 0.6 is 15.9 Å². The molecule has 110 valence electrons. The quantitative estimate of drug-likeness (QED) is 0.695. The van der Waals surface area contributed by atoms with Gasteiger partial charge in [-0.3, -0.25) is 15.0 Å². The summed E-state index contributed by atoms with van der Waals surface area (Å²) in [5.41, 5.74) is 4.42. The molecular weight excluding hydrogens is 338 g/mol. The molecule has 0 aliphatic heterocycles. The van der Waals surface area contributed by atoms with Gasteiger partial charge in [0.1, 0.15) is 0 Å². The van der Waals surface area contributed by atoms with E-state index in [4.69, 9.17) is 4.98 Å². The number of nitrogens with zero attached hydrogens (tertiary/aromatic N) is 3. The molecule has 3 rings (SSSR count). The van der Waals surface area contributed by atoms with Crippen molar-refractivity contribution in [2.45, 2.75) is 19.3 Å². The van der Waals surface area contributed by atoms with Crippen LogP contribution in [0.5, 0.6) is 0 Å². The third kappa shape index (κ3) is 3.98. The van der Waals surface area contributed by atoms with Crippen LogP contribution in [-0.2, 0) is 19.3 Å². The number of rotatable bonds is 5. The van der Waals surface area contributed by atoms with E-state index in [1.54, 1.807) is 12.4 Å². The van der Waals surface area contributed by atoms with Crippen molar-refractivity contribution in [2.24, 2.45) is 0 Å². The Morgan fingerprint density at radius 2 is 1.68 bits per heavy atom. The highest BCUT2D eigenvalue weighted by atomic mass is 79.9. The molecule has 0 N–H and O–H groups in total. The van der Waals surface area contributed by atoms with Gasteiger partial charge in [-0.2, -0.15) is 0 Å². The lowest BCUT2D eigenvalue weighted by Gasteiger charge is -2.07. The summed E-state index contributed by atoms with van der Waals surface area (Å²) in [4.78, 5) is 13.2. The van der Waals surface area contributed by atoms with Crippen LogP contribution in [0, 0.1) is 0 Å². The summed E-state index contributed by atoms with van der Waals surface area (Å²) in [5.74, 6) is 0. The van der Waals surface area contributed by atoms with Crippen LogP contribution in [0.3, 0.4) is 0 Å². The second-order valence-electron chi connectivity index (χ2n) is 5.09. The van der Waals surface area contributed by atoms with Gasteiger partial charge in [-0.15, -0.1) is 0 Å². The number of aryl methyl sites for hydroxylation is 2. The molecule has 0 saturated carbocycles. The van der Waals surface area contributed by atoms with Crippen LogP contribution in [-0.4, -0.2) is 15.0 Å². The van der Waals surface area contributed by atoms with Gasteiger partial charge in [-0.1, -0.05) is 30.3 Å². The molecule has 3 nitrogen and oxygen atoms in total. The molecule has 0 aliphatic carbocycles. The van der Waals surface area contributed by atoms with E-state index in [1.165, 1.54) is 5.56 Å². The van der Waals surface area contributed by atoms with E-state index in [9.17, 15) is 0 Å². The van der Waals surface area contributed by atoms with Gasteiger partial charge in [0.25, 0.3) is 0 Å². The molecule has 2 aromatic heterocycles. The predicted octanol–water partition coefficient (Wildman–Crippen LogP) is 4.01. The first-order chi connectivity index (χ1) is 10.8. The zero-order valence-electron chi connectivity index (χ0n) is 12.1. The molecule has 3 aromatic rings. The lowest BCUT2D eigenvalue weighted by atomic mass is 10.1. The molecule has 0 atom stereocenters. The van der Waals surface area contributed by atoms with Gasteiger partial charge in [0.2, 0.25) is 0 Å². The van der Waals surface area contributed by atoms with E-state index in [0.717, 1.165) is 40.8 Å². The molecule has 0 amide bonds. The van der Waals surface area contributed by atoms with Gasteiger partial charge in [0.05, 0.1) is 11.4 Å². The highest BCUT2D eigenvalue weighted by Gasteiger charge is 2.06. The van der Waals surface area contributed by atoms with Crippen LogP contribution in [0.1, 0.15) is 22.6 Å². The van der Waals surface area contributed by atoms with Crippen LogP contribution in [0.2, 0.25) is 0 Å².